The predicted octanol–water partition coefficient (Wildman–Crippen LogP) is 8.57. The van der Waals surface area contributed by atoms with Crippen LogP contribution in [0.2, 0.25) is 5.02 Å². The van der Waals surface area contributed by atoms with E-state index in [0.717, 1.165) is 58.0 Å². The molecule has 1 aliphatic carbocycles. The minimum atomic E-state index is -0.380. The monoisotopic (exact) mass is 530 g/mol. The van der Waals surface area contributed by atoms with Crippen molar-refractivity contribution in [2.24, 2.45) is 5.92 Å². The van der Waals surface area contributed by atoms with Crippen LogP contribution in [0.25, 0.3) is 28.2 Å². The van der Waals surface area contributed by atoms with Crippen molar-refractivity contribution >= 4 is 45.8 Å². The third-order valence-corrected chi connectivity index (χ3v) is 7.27. The van der Waals surface area contributed by atoms with Crippen molar-refractivity contribution in [3.63, 3.8) is 0 Å². The lowest BCUT2D eigenvalue weighted by Crippen LogP contribution is -2.15. The Labute approximate surface area is 226 Å². The third-order valence-electron chi connectivity index (χ3n) is 6.95. The second-order valence-electron chi connectivity index (χ2n) is 9.23. The van der Waals surface area contributed by atoms with E-state index in [-0.39, 0.29) is 17.7 Å². The number of methoxy groups -OCH3 is 1. The summed E-state index contributed by atoms with van der Waals surface area (Å²) in [6, 6.07) is 18.4. The van der Waals surface area contributed by atoms with E-state index in [0.29, 0.717) is 23.0 Å². The zero-order chi connectivity index (χ0) is 26.6. The number of allylic oxidation sites excluding steroid dienone is 1. The van der Waals surface area contributed by atoms with E-state index in [2.05, 4.69) is 0 Å². The molecule has 0 unspecified atom stereocenters. The van der Waals surface area contributed by atoms with Gasteiger partial charge in [0.25, 0.3) is 0 Å². The Kier molecular flexibility index (Phi) is 7.66. The number of carbonyl (C=O) groups is 1. The number of furan rings is 1. The zero-order valence-corrected chi connectivity index (χ0v) is 22.1. The number of hydrogen-bond donors (Lipinski definition) is 0. The molecule has 0 spiro atoms. The summed E-state index contributed by atoms with van der Waals surface area (Å²) in [7, 11) is 1.62. The molecule has 194 valence electrons. The molecule has 0 atom stereocenters. The van der Waals surface area contributed by atoms with Gasteiger partial charge in [-0.2, -0.15) is 0 Å². The maximum atomic E-state index is 14.1. The molecule has 1 heterocycles. The fourth-order valence-corrected chi connectivity index (χ4v) is 5.19. The number of halogens is 2. The maximum absolute atomic E-state index is 14.1. The lowest BCUT2D eigenvalue weighted by atomic mass is 9.73. The van der Waals surface area contributed by atoms with Gasteiger partial charge >= 0.3 is 5.97 Å². The van der Waals surface area contributed by atoms with Crippen molar-refractivity contribution in [2.45, 2.75) is 26.2 Å². The molecule has 3 aromatic carbocycles. The van der Waals surface area contributed by atoms with Crippen LogP contribution in [0.1, 0.15) is 48.4 Å². The lowest BCUT2D eigenvalue weighted by Gasteiger charge is -2.32. The first-order valence-corrected chi connectivity index (χ1v) is 13.1. The molecule has 1 fully saturated rings. The highest BCUT2D eigenvalue weighted by atomic mass is 35.5. The predicted molar refractivity (Wildman–Crippen MR) is 150 cm³/mol. The highest BCUT2D eigenvalue weighted by Gasteiger charge is 2.30. The number of para-hydroxylation sites is 1. The molecular weight excluding hydrogens is 503 g/mol. The van der Waals surface area contributed by atoms with Gasteiger partial charge in [-0.15, -0.1) is 0 Å². The van der Waals surface area contributed by atoms with Gasteiger partial charge in [0, 0.05) is 17.0 Å². The summed E-state index contributed by atoms with van der Waals surface area (Å²) >= 11 is 6.66. The van der Waals surface area contributed by atoms with Gasteiger partial charge in [-0.3, -0.25) is 0 Å². The first-order chi connectivity index (χ1) is 18.5. The van der Waals surface area contributed by atoms with Gasteiger partial charge in [0.05, 0.1) is 25.0 Å². The van der Waals surface area contributed by atoms with Crippen LogP contribution in [-0.2, 0) is 9.53 Å². The zero-order valence-electron chi connectivity index (χ0n) is 21.3. The summed E-state index contributed by atoms with van der Waals surface area (Å²) in [6.45, 7) is 2.10. The molecule has 1 aliphatic rings. The summed E-state index contributed by atoms with van der Waals surface area (Å²) in [5, 5.41) is 1.30. The number of carbonyl (C=O) groups excluding carboxylic acids is 1. The molecule has 1 aromatic heterocycles. The Bertz CT molecular complexity index is 1530. The first-order valence-electron chi connectivity index (χ1n) is 12.7. The van der Waals surface area contributed by atoms with Crippen LogP contribution in [0.4, 0.5) is 4.39 Å². The minimum Gasteiger partial charge on any atom is -0.493 e. The number of esters is 1. The number of rotatable bonds is 8. The Morgan fingerprint density at radius 1 is 1.11 bits per heavy atom. The average molecular weight is 531 g/mol. The van der Waals surface area contributed by atoms with Crippen LogP contribution >= 0.6 is 11.6 Å². The molecule has 38 heavy (non-hydrogen) atoms. The quantitative estimate of drug-likeness (QED) is 0.130. The largest absolute Gasteiger partial charge is 0.493 e. The van der Waals surface area contributed by atoms with Gasteiger partial charge in [0.15, 0.2) is 11.3 Å². The molecule has 0 N–H and O–H groups in total. The molecule has 0 radical (unpaired) electrons. The van der Waals surface area contributed by atoms with Gasteiger partial charge in [-0.25, -0.2) is 9.18 Å². The lowest BCUT2D eigenvalue weighted by molar-refractivity contribution is -0.137. The van der Waals surface area contributed by atoms with Crippen LogP contribution in [0.5, 0.6) is 5.75 Å². The number of hydrogen-bond acceptors (Lipinski definition) is 4. The van der Waals surface area contributed by atoms with E-state index < -0.39 is 0 Å². The van der Waals surface area contributed by atoms with Crippen LogP contribution in [0.15, 0.2) is 77.4 Å². The van der Waals surface area contributed by atoms with Gasteiger partial charge in [0.2, 0.25) is 0 Å². The molecule has 6 heteroatoms. The molecule has 4 aromatic rings. The summed E-state index contributed by atoms with van der Waals surface area (Å²) < 4.78 is 30.6. The molecule has 5 rings (SSSR count). The first kappa shape index (κ1) is 25.8. The smallest absolute Gasteiger partial charge is 0.330 e. The topological polar surface area (TPSA) is 48.7 Å². The van der Waals surface area contributed by atoms with Gasteiger partial charge < -0.3 is 13.9 Å². The Morgan fingerprint density at radius 3 is 2.55 bits per heavy atom. The summed E-state index contributed by atoms with van der Waals surface area (Å²) in [5.41, 5.74) is 6.27. The molecule has 0 amide bonds. The molecule has 0 saturated heterocycles. The van der Waals surface area contributed by atoms with Crippen molar-refractivity contribution < 1.29 is 23.1 Å². The van der Waals surface area contributed by atoms with Crippen LogP contribution in [0, 0.1) is 11.7 Å². The third kappa shape index (κ3) is 5.11. The standard InChI is InChI=1S/C32H28ClFO4/c1-3-37-29(35)17-12-20-10-13-22(14-11-20)31(26-19-38-32-24(26)8-5-9-28(32)36-2)30(21-6-4-7-21)25-16-15-23(34)18-27(25)33/h5,8-19,21H,3-4,6-7H2,1-2H3. The van der Waals surface area contributed by atoms with Gasteiger partial charge in [-0.05, 0) is 77.8 Å². The number of ether oxygens (including phenoxy) is 2. The SMILES string of the molecule is CCOC(=O)C=Cc1ccc(C(=C(c2ccc(F)cc2Cl)C2CCC2)c2coc3c(OC)cccc23)cc1. The highest BCUT2D eigenvalue weighted by Crippen LogP contribution is 2.48. The van der Waals surface area contributed by atoms with Crippen molar-refractivity contribution in [1.29, 1.82) is 0 Å². The van der Waals surface area contributed by atoms with Gasteiger partial charge in [0.1, 0.15) is 5.82 Å². The normalized spacial score (nSPS) is 14.4. The van der Waals surface area contributed by atoms with E-state index in [4.69, 9.17) is 25.5 Å². The minimum absolute atomic E-state index is 0.270. The summed E-state index contributed by atoms with van der Waals surface area (Å²) in [5.74, 6) is 0.170. The van der Waals surface area contributed by atoms with Crippen LogP contribution in [0.3, 0.4) is 0 Å². The Balaban J connectivity index is 1.73. The van der Waals surface area contributed by atoms with E-state index in [1.54, 1.807) is 32.4 Å². The summed E-state index contributed by atoms with van der Waals surface area (Å²) in [4.78, 5) is 11.8. The number of fused-ring (bicyclic) bond motifs is 1. The Morgan fingerprint density at radius 2 is 1.89 bits per heavy atom. The van der Waals surface area contributed by atoms with Crippen LogP contribution in [-0.4, -0.2) is 19.7 Å². The fraction of sp³-hybridized carbons (Fsp3) is 0.219. The highest BCUT2D eigenvalue weighted by molar-refractivity contribution is 6.33. The van der Waals surface area contributed by atoms with Crippen molar-refractivity contribution in [1.82, 2.24) is 0 Å². The molecule has 0 bridgehead atoms. The second kappa shape index (κ2) is 11.3. The average Bonchev–Trinajstić information content (AvgIpc) is 3.31. The molecule has 1 saturated carbocycles. The van der Waals surface area contributed by atoms with Crippen LogP contribution < -0.4 is 4.74 Å². The van der Waals surface area contributed by atoms with E-state index >= 15 is 0 Å². The summed E-state index contributed by atoms with van der Waals surface area (Å²) in [6.07, 6.45) is 8.07. The van der Waals surface area contributed by atoms with E-state index in [1.807, 2.05) is 42.5 Å². The van der Waals surface area contributed by atoms with Crippen molar-refractivity contribution in [3.05, 3.63) is 106 Å². The fourth-order valence-electron chi connectivity index (χ4n) is 4.92. The van der Waals surface area contributed by atoms with Gasteiger partial charge in [-0.1, -0.05) is 60.5 Å². The van der Waals surface area contributed by atoms with Crippen molar-refractivity contribution in [2.75, 3.05) is 13.7 Å². The van der Waals surface area contributed by atoms with E-state index in [9.17, 15) is 9.18 Å². The molecule has 4 nitrogen and oxygen atoms in total. The van der Waals surface area contributed by atoms with Crippen molar-refractivity contribution in [3.8, 4) is 5.75 Å². The number of benzene rings is 3. The maximum Gasteiger partial charge on any atom is 0.330 e. The van der Waals surface area contributed by atoms with E-state index in [1.165, 1.54) is 18.2 Å². The molecule has 0 aliphatic heterocycles. The molecular formula is C32H28ClFO4. The Hall–Kier alpha value is -3.83. The second-order valence-corrected chi connectivity index (χ2v) is 9.64.